The van der Waals surface area contributed by atoms with Crippen LogP contribution in [-0.2, 0) is 9.59 Å². The number of nitrogens with zero attached hydrogens (tertiary/aromatic N) is 4. The number of ether oxygens (including phenoxy) is 2. The van der Waals surface area contributed by atoms with Crippen molar-refractivity contribution < 1.29 is 28.9 Å². The molecule has 37 heavy (non-hydrogen) atoms. The fourth-order valence-electron chi connectivity index (χ4n) is 3.89. The standard InChI is InChI=1S/C25H20N4O8/c1-14(24(30)36-20-9-7-18(28(32)33)16-5-3-11-26-22(16)20)13-15(2)25(31)37-21-10-8-19(29(34)35)17-6-4-12-27-23(17)21/h3-12,14-15H,13H2,1-2H3. The molecule has 0 saturated heterocycles. The molecule has 2 atom stereocenters. The van der Waals surface area contributed by atoms with Crippen LogP contribution in [0.25, 0.3) is 21.8 Å². The lowest BCUT2D eigenvalue weighted by molar-refractivity contribution is -0.383. The predicted octanol–water partition coefficient (Wildman–Crippen LogP) is 4.77. The van der Waals surface area contributed by atoms with Crippen LogP contribution in [0.3, 0.4) is 0 Å². The van der Waals surface area contributed by atoms with Gasteiger partial charge in [0.2, 0.25) is 0 Å². The van der Waals surface area contributed by atoms with E-state index in [9.17, 15) is 29.8 Å². The average molecular weight is 504 g/mol. The van der Waals surface area contributed by atoms with Gasteiger partial charge in [0.15, 0.2) is 11.5 Å². The SMILES string of the molecule is CC(CC(C)C(=O)Oc1ccc([N+](=O)[O-])c2cccnc12)C(=O)Oc1ccc([N+](=O)[O-])c2cccnc12. The number of non-ortho nitro benzene ring substituents is 2. The summed E-state index contributed by atoms with van der Waals surface area (Å²) in [6.07, 6.45) is 2.94. The highest BCUT2D eigenvalue weighted by Crippen LogP contribution is 2.33. The molecule has 0 aliphatic carbocycles. The highest BCUT2D eigenvalue weighted by molar-refractivity contribution is 5.95. The number of hydrogen-bond donors (Lipinski definition) is 0. The van der Waals surface area contributed by atoms with Crippen molar-refractivity contribution in [3.05, 3.63) is 81.2 Å². The Balaban J connectivity index is 1.46. The fourth-order valence-corrected chi connectivity index (χ4v) is 3.89. The van der Waals surface area contributed by atoms with E-state index in [0.29, 0.717) is 0 Å². The Hall–Kier alpha value is -5.00. The molecule has 2 aromatic carbocycles. The van der Waals surface area contributed by atoms with E-state index >= 15 is 0 Å². The first-order valence-corrected chi connectivity index (χ1v) is 11.1. The summed E-state index contributed by atoms with van der Waals surface area (Å²) in [5.74, 6) is -2.63. The van der Waals surface area contributed by atoms with E-state index in [0.717, 1.165) is 0 Å². The molecule has 188 valence electrons. The number of carbonyl (C=O) groups excluding carboxylic acids is 2. The number of esters is 2. The van der Waals surface area contributed by atoms with E-state index in [1.165, 1.54) is 48.8 Å². The quantitative estimate of drug-likeness (QED) is 0.141. The molecule has 4 aromatic rings. The molecular formula is C25H20N4O8. The Morgan fingerprint density at radius 3 is 1.54 bits per heavy atom. The molecule has 12 heteroatoms. The Morgan fingerprint density at radius 2 is 1.16 bits per heavy atom. The molecule has 0 saturated carbocycles. The minimum Gasteiger partial charge on any atom is -0.424 e. The van der Waals surface area contributed by atoms with Gasteiger partial charge in [-0.15, -0.1) is 0 Å². The van der Waals surface area contributed by atoms with Gasteiger partial charge in [0.1, 0.15) is 11.0 Å². The van der Waals surface area contributed by atoms with E-state index in [2.05, 4.69) is 9.97 Å². The Bertz CT molecular complexity index is 1440. The van der Waals surface area contributed by atoms with E-state index in [1.54, 1.807) is 26.0 Å². The third kappa shape index (κ3) is 5.17. The maximum Gasteiger partial charge on any atom is 0.314 e. The zero-order valence-corrected chi connectivity index (χ0v) is 19.7. The average Bonchev–Trinajstić information content (AvgIpc) is 2.88. The molecule has 2 unspecified atom stereocenters. The maximum absolute atomic E-state index is 12.8. The van der Waals surface area contributed by atoms with Crippen LogP contribution in [0, 0.1) is 32.1 Å². The second-order valence-corrected chi connectivity index (χ2v) is 8.36. The third-order valence-electron chi connectivity index (χ3n) is 5.75. The third-order valence-corrected chi connectivity index (χ3v) is 5.75. The maximum atomic E-state index is 12.8. The number of fused-ring (bicyclic) bond motifs is 2. The summed E-state index contributed by atoms with van der Waals surface area (Å²) in [4.78, 5) is 55.2. The van der Waals surface area contributed by atoms with E-state index < -0.39 is 33.6 Å². The van der Waals surface area contributed by atoms with Crippen molar-refractivity contribution in [2.24, 2.45) is 11.8 Å². The van der Waals surface area contributed by atoms with Crippen LogP contribution in [0.4, 0.5) is 11.4 Å². The van der Waals surface area contributed by atoms with Gasteiger partial charge in [0, 0.05) is 24.5 Å². The highest BCUT2D eigenvalue weighted by atomic mass is 16.6. The van der Waals surface area contributed by atoms with Gasteiger partial charge >= 0.3 is 11.9 Å². The van der Waals surface area contributed by atoms with Crippen LogP contribution < -0.4 is 9.47 Å². The molecule has 0 aliphatic rings. The smallest absolute Gasteiger partial charge is 0.314 e. The van der Waals surface area contributed by atoms with Crippen molar-refractivity contribution in [2.75, 3.05) is 0 Å². The number of nitro benzene ring substituents is 2. The summed E-state index contributed by atoms with van der Waals surface area (Å²) in [6.45, 7) is 3.16. The predicted molar refractivity (Wildman–Crippen MR) is 131 cm³/mol. The molecule has 0 fully saturated rings. The topological polar surface area (TPSA) is 165 Å². The summed E-state index contributed by atoms with van der Waals surface area (Å²) in [7, 11) is 0. The second kappa shape index (κ2) is 10.3. The highest BCUT2D eigenvalue weighted by Gasteiger charge is 2.26. The van der Waals surface area contributed by atoms with Crippen molar-refractivity contribution >= 4 is 45.1 Å². The van der Waals surface area contributed by atoms with E-state index in [4.69, 9.17) is 9.47 Å². The van der Waals surface area contributed by atoms with E-state index in [-0.39, 0.29) is 51.1 Å². The van der Waals surface area contributed by atoms with Gasteiger partial charge in [0.05, 0.1) is 32.5 Å². The van der Waals surface area contributed by atoms with Gasteiger partial charge < -0.3 is 9.47 Å². The van der Waals surface area contributed by atoms with Gasteiger partial charge in [-0.2, -0.15) is 0 Å². The molecule has 0 spiro atoms. The lowest BCUT2D eigenvalue weighted by Gasteiger charge is -2.16. The van der Waals surface area contributed by atoms with Gasteiger partial charge in [-0.25, -0.2) is 0 Å². The van der Waals surface area contributed by atoms with Gasteiger partial charge in [-0.05, 0) is 42.8 Å². The Morgan fingerprint density at radius 1 is 0.757 bits per heavy atom. The zero-order chi connectivity index (χ0) is 26.7. The molecule has 0 N–H and O–H groups in total. The Kier molecular flexibility index (Phi) is 7.00. The number of hydrogen-bond acceptors (Lipinski definition) is 10. The molecular weight excluding hydrogens is 484 g/mol. The zero-order valence-electron chi connectivity index (χ0n) is 19.7. The number of aromatic nitrogens is 2. The number of carbonyl (C=O) groups is 2. The summed E-state index contributed by atoms with van der Waals surface area (Å²) in [6, 6.07) is 11.2. The lowest BCUT2D eigenvalue weighted by Crippen LogP contribution is -2.25. The van der Waals surface area contributed by atoms with Crippen molar-refractivity contribution in [3.8, 4) is 11.5 Å². The normalized spacial score (nSPS) is 12.6. The number of pyridine rings is 2. The van der Waals surface area contributed by atoms with Crippen LogP contribution in [0.2, 0.25) is 0 Å². The lowest BCUT2D eigenvalue weighted by atomic mass is 9.97. The largest absolute Gasteiger partial charge is 0.424 e. The molecule has 0 bridgehead atoms. The fraction of sp³-hybridized carbons (Fsp3) is 0.200. The second-order valence-electron chi connectivity index (χ2n) is 8.36. The summed E-state index contributed by atoms with van der Waals surface area (Å²) in [5, 5.41) is 23.0. The van der Waals surface area contributed by atoms with Crippen LogP contribution in [0.5, 0.6) is 11.5 Å². The molecule has 2 heterocycles. The minimum atomic E-state index is -0.733. The molecule has 12 nitrogen and oxygen atoms in total. The van der Waals surface area contributed by atoms with Crippen LogP contribution in [-0.4, -0.2) is 31.8 Å². The monoisotopic (exact) mass is 504 g/mol. The van der Waals surface area contributed by atoms with Gasteiger partial charge in [-0.3, -0.25) is 39.8 Å². The van der Waals surface area contributed by atoms with Crippen molar-refractivity contribution in [2.45, 2.75) is 20.3 Å². The van der Waals surface area contributed by atoms with Crippen LogP contribution in [0.15, 0.2) is 60.9 Å². The van der Waals surface area contributed by atoms with Crippen LogP contribution >= 0.6 is 0 Å². The Labute approximate surface area is 209 Å². The molecule has 0 aliphatic heterocycles. The number of benzene rings is 2. The summed E-state index contributed by atoms with van der Waals surface area (Å²) >= 11 is 0. The van der Waals surface area contributed by atoms with Crippen molar-refractivity contribution in [1.82, 2.24) is 9.97 Å². The first-order chi connectivity index (χ1) is 17.7. The minimum absolute atomic E-state index is 0.0664. The molecule has 2 aromatic heterocycles. The first kappa shape index (κ1) is 25.1. The van der Waals surface area contributed by atoms with Crippen molar-refractivity contribution in [3.63, 3.8) is 0 Å². The van der Waals surface area contributed by atoms with E-state index in [1.807, 2.05) is 0 Å². The summed E-state index contributed by atoms with van der Waals surface area (Å²) < 4.78 is 10.9. The summed E-state index contributed by atoms with van der Waals surface area (Å²) in [5.41, 5.74) is 0.00524. The molecule has 4 rings (SSSR count). The van der Waals surface area contributed by atoms with Gasteiger partial charge in [0.25, 0.3) is 11.4 Å². The van der Waals surface area contributed by atoms with Crippen LogP contribution in [0.1, 0.15) is 20.3 Å². The number of nitro groups is 2. The van der Waals surface area contributed by atoms with Gasteiger partial charge in [-0.1, -0.05) is 13.8 Å². The molecule has 0 amide bonds. The first-order valence-electron chi connectivity index (χ1n) is 11.1. The number of rotatable bonds is 8. The van der Waals surface area contributed by atoms with Crippen molar-refractivity contribution in [1.29, 1.82) is 0 Å². The molecule has 0 radical (unpaired) electrons.